The first-order chi connectivity index (χ1) is 13.5. The molecule has 1 aromatic heterocycles. The first-order valence-corrected chi connectivity index (χ1v) is 9.52. The van der Waals surface area contributed by atoms with Crippen LogP contribution in [0, 0.1) is 0 Å². The van der Waals surface area contributed by atoms with Crippen molar-refractivity contribution in [2.75, 3.05) is 19.0 Å². The van der Waals surface area contributed by atoms with Crippen molar-refractivity contribution < 1.29 is 23.9 Å². The van der Waals surface area contributed by atoms with Crippen molar-refractivity contribution in [3.63, 3.8) is 0 Å². The van der Waals surface area contributed by atoms with Crippen LogP contribution < -0.4 is 15.8 Å². The van der Waals surface area contributed by atoms with E-state index in [4.69, 9.17) is 15.2 Å². The molecule has 0 aliphatic heterocycles. The van der Waals surface area contributed by atoms with Gasteiger partial charge in [-0.05, 0) is 48.6 Å². The van der Waals surface area contributed by atoms with Crippen molar-refractivity contribution in [1.82, 2.24) is 0 Å². The third-order valence-corrected chi connectivity index (χ3v) is 5.50. The van der Waals surface area contributed by atoms with Crippen molar-refractivity contribution in [3.8, 4) is 5.75 Å². The summed E-state index contributed by atoms with van der Waals surface area (Å²) in [6.07, 6.45) is 5.46. The van der Waals surface area contributed by atoms with Crippen LogP contribution in [-0.4, -0.2) is 31.5 Å². The van der Waals surface area contributed by atoms with Gasteiger partial charge in [0.15, 0.2) is 6.61 Å². The zero-order valence-corrected chi connectivity index (χ0v) is 16.1. The van der Waals surface area contributed by atoms with E-state index in [1.54, 1.807) is 37.5 Å². The second-order valence-corrected chi connectivity index (χ2v) is 7.29. The summed E-state index contributed by atoms with van der Waals surface area (Å²) in [4.78, 5) is 36.7. The molecule has 7 nitrogen and oxygen atoms in total. The number of rotatable bonds is 7. The van der Waals surface area contributed by atoms with Crippen molar-refractivity contribution in [2.45, 2.75) is 19.3 Å². The van der Waals surface area contributed by atoms with Crippen molar-refractivity contribution >= 4 is 40.2 Å². The highest BCUT2D eigenvalue weighted by Gasteiger charge is 2.26. The highest BCUT2D eigenvalue weighted by atomic mass is 32.1. The maximum Gasteiger partial charge on any atom is 0.331 e. The first kappa shape index (κ1) is 19.6. The summed E-state index contributed by atoms with van der Waals surface area (Å²) in [5.41, 5.74) is 7.55. The van der Waals surface area contributed by atoms with Gasteiger partial charge in [-0.2, -0.15) is 0 Å². The molecule has 0 radical (unpaired) electrons. The van der Waals surface area contributed by atoms with Gasteiger partial charge in [0, 0.05) is 11.0 Å². The van der Waals surface area contributed by atoms with Gasteiger partial charge in [0.2, 0.25) is 0 Å². The molecular formula is C20H20N2O5S. The standard InChI is InChI=1S/C20H20N2O5S/c1-26-13-8-5-12(6-9-13)7-10-17(24)27-11-16(23)22-20-18(19(21)25)14-3-2-4-15(14)28-20/h5-10H,2-4,11H2,1H3,(H2,21,25)(H,22,23)/b10-7+. The van der Waals surface area contributed by atoms with Gasteiger partial charge in [0.05, 0.1) is 12.7 Å². The number of ether oxygens (including phenoxy) is 2. The summed E-state index contributed by atoms with van der Waals surface area (Å²) >= 11 is 1.35. The maximum atomic E-state index is 12.1. The average Bonchev–Trinajstić information content (AvgIpc) is 3.25. The Morgan fingerprint density at radius 3 is 2.64 bits per heavy atom. The molecular weight excluding hydrogens is 380 g/mol. The van der Waals surface area contributed by atoms with Crippen molar-refractivity contribution in [3.05, 3.63) is 51.9 Å². The monoisotopic (exact) mass is 400 g/mol. The van der Waals surface area contributed by atoms with Gasteiger partial charge >= 0.3 is 5.97 Å². The molecule has 8 heteroatoms. The van der Waals surface area contributed by atoms with Gasteiger partial charge in [-0.15, -0.1) is 11.3 Å². The predicted molar refractivity (Wildman–Crippen MR) is 106 cm³/mol. The van der Waals surface area contributed by atoms with Crippen LogP contribution in [-0.2, 0) is 27.2 Å². The number of methoxy groups -OCH3 is 1. The normalized spacial score (nSPS) is 12.6. The van der Waals surface area contributed by atoms with E-state index >= 15 is 0 Å². The number of hydrogen-bond acceptors (Lipinski definition) is 6. The van der Waals surface area contributed by atoms with Crippen LogP contribution in [0.2, 0.25) is 0 Å². The molecule has 0 unspecified atom stereocenters. The molecule has 1 aromatic carbocycles. The van der Waals surface area contributed by atoms with E-state index in [-0.39, 0.29) is 0 Å². The van der Waals surface area contributed by atoms with E-state index in [2.05, 4.69) is 5.32 Å². The minimum absolute atomic E-state index is 0.372. The van der Waals surface area contributed by atoms with E-state index in [9.17, 15) is 14.4 Å². The van der Waals surface area contributed by atoms with Crippen molar-refractivity contribution in [1.29, 1.82) is 0 Å². The van der Waals surface area contributed by atoms with Crippen LogP contribution in [0.1, 0.15) is 32.8 Å². The van der Waals surface area contributed by atoms with Crippen LogP contribution in [0.25, 0.3) is 6.08 Å². The lowest BCUT2D eigenvalue weighted by Crippen LogP contribution is -2.22. The van der Waals surface area contributed by atoms with Gasteiger partial charge in [-0.1, -0.05) is 12.1 Å². The number of aryl methyl sites for hydroxylation is 1. The summed E-state index contributed by atoms with van der Waals surface area (Å²) in [5.74, 6) is -1.01. The Morgan fingerprint density at radius 2 is 1.96 bits per heavy atom. The minimum atomic E-state index is -0.644. The number of hydrogen-bond donors (Lipinski definition) is 2. The number of carbonyl (C=O) groups excluding carboxylic acids is 3. The Hall–Kier alpha value is -3.13. The Bertz CT molecular complexity index is 931. The van der Waals surface area contributed by atoms with E-state index < -0.39 is 24.4 Å². The average molecular weight is 400 g/mol. The maximum absolute atomic E-state index is 12.1. The van der Waals surface area contributed by atoms with Gasteiger partial charge in [0.25, 0.3) is 11.8 Å². The molecule has 3 rings (SSSR count). The molecule has 28 heavy (non-hydrogen) atoms. The number of amides is 2. The SMILES string of the molecule is COc1ccc(/C=C/C(=O)OCC(=O)Nc2sc3c(c2C(N)=O)CCC3)cc1. The summed E-state index contributed by atoms with van der Waals surface area (Å²) < 4.78 is 10.0. The molecule has 0 saturated heterocycles. The molecule has 1 aliphatic rings. The number of nitrogens with one attached hydrogen (secondary N) is 1. The number of carbonyl (C=O) groups is 3. The van der Waals surface area contributed by atoms with Crippen LogP contribution in [0.3, 0.4) is 0 Å². The largest absolute Gasteiger partial charge is 0.497 e. The van der Waals surface area contributed by atoms with Crippen molar-refractivity contribution in [2.24, 2.45) is 5.73 Å². The number of esters is 1. The second-order valence-electron chi connectivity index (χ2n) is 6.19. The molecule has 3 N–H and O–H groups in total. The highest BCUT2D eigenvalue weighted by molar-refractivity contribution is 7.17. The smallest absolute Gasteiger partial charge is 0.331 e. The number of thiophene rings is 1. The summed E-state index contributed by atoms with van der Waals surface area (Å²) in [7, 11) is 1.57. The summed E-state index contributed by atoms with van der Waals surface area (Å²) in [5, 5.41) is 3.05. The molecule has 0 spiro atoms. The number of benzene rings is 1. The number of fused-ring (bicyclic) bond motifs is 1. The fourth-order valence-electron chi connectivity index (χ4n) is 2.98. The predicted octanol–water partition coefficient (Wildman–Crippen LogP) is 2.54. The Labute approximate surface area is 166 Å². The molecule has 0 saturated carbocycles. The fourth-order valence-corrected chi connectivity index (χ4v) is 4.29. The molecule has 0 atom stereocenters. The molecule has 146 valence electrons. The van der Waals surface area contributed by atoms with Gasteiger partial charge in [-0.3, -0.25) is 9.59 Å². The lowest BCUT2D eigenvalue weighted by atomic mass is 10.1. The van der Waals surface area contributed by atoms with Gasteiger partial charge in [0.1, 0.15) is 10.8 Å². The molecule has 2 aromatic rings. The third kappa shape index (κ3) is 4.58. The lowest BCUT2D eigenvalue weighted by molar-refractivity contribution is -0.142. The fraction of sp³-hybridized carbons (Fsp3) is 0.250. The summed E-state index contributed by atoms with van der Waals surface area (Å²) in [6.45, 7) is -0.452. The van der Waals surface area contributed by atoms with E-state index in [0.29, 0.717) is 16.3 Å². The van der Waals surface area contributed by atoms with Crippen LogP contribution >= 0.6 is 11.3 Å². The molecule has 0 bridgehead atoms. The molecule has 2 amide bonds. The topological polar surface area (TPSA) is 108 Å². The van der Waals surface area contributed by atoms with Gasteiger partial charge < -0.3 is 20.5 Å². The third-order valence-electron chi connectivity index (χ3n) is 4.29. The summed E-state index contributed by atoms with van der Waals surface area (Å²) in [6, 6.07) is 7.12. The zero-order valence-electron chi connectivity index (χ0n) is 15.3. The van der Waals surface area contributed by atoms with Crippen LogP contribution in [0.5, 0.6) is 5.75 Å². The zero-order chi connectivity index (χ0) is 20.1. The Balaban J connectivity index is 1.53. The quantitative estimate of drug-likeness (QED) is 0.549. The van der Waals surface area contributed by atoms with E-state index in [0.717, 1.165) is 35.3 Å². The first-order valence-electron chi connectivity index (χ1n) is 8.71. The van der Waals surface area contributed by atoms with Crippen LogP contribution in [0.4, 0.5) is 5.00 Å². The Morgan fingerprint density at radius 1 is 1.21 bits per heavy atom. The second kappa shape index (κ2) is 8.71. The van der Waals surface area contributed by atoms with E-state index in [1.165, 1.54) is 17.4 Å². The highest BCUT2D eigenvalue weighted by Crippen LogP contribution is 2.38. The van der Waals surface area contributed by atoms with E-state index in [1.807, 2.05) is 0 Å². The van der Waals surface area contributed by atoms with Crippen LogP contribution in [0.15, 0.2) is 30.3 Å². The number of nitrogens with two attached hydrogens (primary N) is 1. The minimum Gasteiger partial charge on any atom is -0.497 e. The lowest BCUT2D eigenvalue weighted by Gasteiger charge is -2.06. The number of primary amides is 1. The Kier molecular flexibility index (Phi) is 6.10. The molecule has 0 fully saturated rings. The molecule has 1 aliphatic carbocycles. The molecule has 1 heterocycles. The van der Waals surface area contributed by atoms with Gasteiger partial charge in [-0.25, -0.2) is 4.79 Å². The number of anilines is 1.